The third kappa shape index (κ3) is 4.67. The molecule has 11 heteroatoms. The van der Waals surface area contributed by atoms with Crippen LogP contribution in [0, 0.1) is 12.8 Å². The molecule has 2 aliphatic rings. The lowest BCUT2D eigenvalue weighted by Crippen LogP contribution is -2.30. The first-order valence-electron chi connectivity index (χ1n) is 11.9. The van der Waals surface area contributed by atoms with Gasteiger partial charge in [0.2, 0.25) is 5.91 Å². The molecule has 0 spiro atoms. The molecule has 5 rings (SSSR count). The summed E-state index contributed by atoms with van der Waals surface area (Å²) < 4.78 is 5.58. The number of amides is 3. The molecule has 200 valence electrons. The average Bonchev–Trinajstić information content (AvgIpc) is 3.43. The van der Waals surface area contributed by atoms with E-state index in [1.807, 2.05) is 37.3 Å². The summed E-state index contributed by atoms with van der Waals surface area (Å²) in [5, 5.41) is -0.559. The van der Waals surface area contributed by atoms with Crippen LogP contribution in [0.5, 0.6) is 5.75 Å². The summed E-state index contributed by atoms with van der Waals surface area (Å²) in [7, 11) is 0. The Kier molecular flexibility index (Phi) is 7.37. The van der Waals surface area contributed by atoms with Crippen LogP contribution in [0.1, 0.15) is 51.2 Å². The quantitative estimate of drug-likeness (QED) is 0.104. The van der Waals surface area contributed by atoms with Crippen molar-refractivity contribution in [1.82, 2.24) is 4.90 Å². The molecule has 2 heterocycles. The lowest BCUT2D eigenvalue weighted by atomic mass is 10.1. The van der Waals surface area contributed by atoms with Crippen LogP contribution < -0.4 is 9.64 Å². The van der Waals surface area contributed by atoms with Crippen LogP contribution in [-0.4, -0.2) is 35.1 Å². The lowest BCUT2D eigenvalue weighted by Gasteiger charge is -2.25. The number of benzene rings is 3. The molecular formula is C28H20Cl4N2O5. The number of carbonyl (C=O) groups excluding carboxylic acids is 4. The Labute approximate surface area is 244 Å². The molecule has 0 aromatic heterocycles. The largest absolute Gasteiger partial charge is 0.426 e. The fourth-order valence-corrected chi connectivity index (χ4v) is 5.90. The first-order chi connectivity index (χ1) is 18.5. The molecular weight excluding hydrogens is 586 g/mol. The fourth-order valence-electron chi connectivity index (χ4n) is 4.89. The van der Waals surface area contributed by atoms with Crippen LogP contribution in [0.3, 0.4) is 0 Å². The van der Waals surface area contributed by atoms with Gasteiger partial charge < -0.3 is 9.64 Å². The van der Waals surface area contributed by atoms with Gasteiger partial charge in [-0.1, -0.05) is 76.7 Å². The second kappa shape index (κ2) is 10.5. The number of hydrogen-bond acceptors (Lipinski definition) is 5. The number of rotatable bonds is 5. The van der Waals surface area contributed by atoms with Gasteiger partial charge >= 0.3 is 5.97 Å². The second-order valence-corrected chi connectivity index (χ2v) is 10.9. The molecule has 0 saturated carbocycles. The molecule has 0 radical (unpaired) electrons. The van der Waals surface area contributed by atoms with Gasteiger partial charge in [0.1, 0.15) is 5.75 Å². The van der Waals surface area contributed by atoms with E-state index in [2.05, 4.69) is 0 Å². The number of esters is 1. The second-order valence-electron chi connectivity index (χ2n) is 9.35. The number of imide groups is 1. The highest BCUT2D eigenvalue weighted by Gasteiger charge is 2.43. The highest BCUT2D eigenvalue weighted by Crippen LogP contribution is 2.46. The van der Waals surface area contributed by atoms with E-state index in [9.17, 15) is 19.2 Å². The molecule has 0 unspecified atom stereocenters. The van der Waals surface area contributed by atoms with Gasteiger partial charge in [-0.3, -0.25) is 19.2 Å². The third-order valence-corrected chi connectivity index (χ3v) is 8.77. The van der Waals surface area contributed by atoms with Crippen LogP contribution in [0.25, 0.3) is 0 Å². The number of fused-ring (bicyclic) bond motifs is 1. The van der Waals surface area contributed by atoms with Crippen molar-refractivity contribution in [2.24, 2.45) is 5.92 Å². The minimum absolute atomic E-state index is 0.0503. The molecule has 39 heavy (non-hydrogen) atoms. The van der Waals surface area contributed by atoms with Crippen molar-refractivity contribution in [2.75, 3.05) is 11.4 Å². The number of nitrogens with zero attached hydrogens (tertiary/aromatic N) is 2. The minimum Gasteiger partial charge on any atom is -0.426 e. The van der Waals surface area contributed by atoms with Crippen LogP contribution in [0.2, 0.25) is 20.1 Å². The van der Waals surface area contributed by atoms with E-state index in [0.717, 1.165) is 10.5 Å². The Balaban J connectivity index is 1.33. The number of ether oxygens (including phenoxy) is 1. The van der Waals surface area contributed by atoms with E-state index in [-0.39, 0.29) is 67.6 Å². The molecule has 3 aromatic carbocycles. The first kappa shape index (κ1) is 27.5. The van der Waals surface area contributed by atoms with Crippen LogP contribution in [0.15, 0.2) is 48.5 Å². The van der Waals surface area contributed by atoms with Crippen molar-refractivity contribution in [1.29, 1.82) is 0 Å². The maximum absolute atomic E-state index is 13.2. The fraction of sp³-hybridized carbons (Fsp3) is 0.214. The predicted molar refractivity (Wildman–Crippen MR) is 149 cm³/mol. The highest BCUT2D eigenvalue weighted by atomic mass is 35.5. The number of hydrogen-bond donors (Lipinski definition) is 0. The van der Waals surface area contributed by atoms with Crippen molar-refractivity contribution < 1.29 is 23.9 Å². The maximum atomic E-state index is 13.2. The standard InChI is InChI=1S/C28H20Cl4N2O5/c1-13-10-17(39-28(38)16-11-19(35)33(12-16)14(2)15-6-4-3-5-7-15)8-9-18(13)34-26(36)20-21(27(34)37)23(30)25(32)24(31)22(20)29/h3-10,14,16H,11-12H2,1-2H3/t14-,16+/m1/s1. The third-order valence-electron chi connectivity index (χ3n) is 6.97. The molecule has 1 saturated heterocycles. The molecule has 2 atom stereocenters. The van der Waals surface area contributed by atoms with Gasteiger partial charge in [0.25, 0.3) is 11.8 Å². The van der Waals surface area contributed by atoms with E-state index in [4.69, 9.17) is 51.1 Å². The van der Waals surface area contributed by atoms with Gasteiger partial charge in [-0.15, -0.1) is 0 Å². The number of aryl methyl sites for hydroxylation is 1. The predicted octanol–water partition coefficient (Wildman–Crippen LogP) is 6.92. The maximum Gasteiger partial charge on any atom is 0.316 e. The van der Waals surface area contributed by atoms with Gasteiger partial charge in [0.15, 0.2) is 0 Å². The normalized spacial score (nSPS) is 17.6. The summed E-state index contributed by atoms with van der Waals surface area (Å²) in [6.07, 6.45) is 0.0503. The number of anilines is 1. The van der Waals surface area contributed by atoms with Crippen molar-refractivity contribution in [2.45, 2.75) is 26.3 Å². The Hall–Kier alpha value is -3.10. The van der Waals surface area contributed by atoms with Crippen LogP contribution in [-0.2, 0) is 9.59 Å². The Bertz CT molecular complexity index is 1510. The molecule has 0 aliphatic carbocycles. The summed E-state index contributed by atoms with van der Waals surface area (Å²) in [4.78, 5) is 54.6. The molecule has 1 fully saturated rings. The van der Waals surface area contributed by atoms with Crippen molar-refractivity contribution in [3.8, 4) is 5.75 Å². The van der Waals surface area contributed by atoms with Crippen molar-refractivity contribution in [3.63, 3.8) is 0 Å². The first-order valence-corrected chi connectivity index (χ1v) is 13.4. The van der Waals surface area contributed by atoms with Crippen LogP contribution in [0.4, 0.5) is 5.69 Å². The lowest BCUT2D eigenvalue weighted by molar-refractivity contribution is -0.139. The minimum atomic E-state index is -0.703. The van der Waals surface area contributed by atoms with Gasteiger partial charge in [-0.2, -0.15) is 0 Å². The van der Waals surface area contributed by atoms with Gasteiger partial charge in [0, 0.05) is 13.0 Å². The molecule has 7 nitrogen and oxygen atoms in total. The van der Waals surface area contributed by atoms with E-state index < -0.39 is 23.7 Å². The molecule has 2 aliphatic heterocycles. The van der Waals surface area contributed by atoms with Crippen molar-refractivity contribution >= 4 is 75.8 Å². The summed E-state index contributed by atoms with van der Waals surface area (Å²) in [5.41, 5.74) is 1.44. The monoisotopic (exact) mass is 604 g/mol. The van der Waals surface area contributed by atoms with E-state index in [1.165, 1.54) is 18.2 Å². The summed E-state index contributed by atoms with van der Waals surface area (Å²) in [6.45, 7) is 3.82. The summed E-state index contributed by atoms with van der Waals surface area (Å²) in [6, 6.07) is 13.9. The SMILES string of the molecule is Cc1cc(OC(=O)[C@H]2CC(=O)N([C@H](C)c3ccccc3)C2)ccc1N1C(=O)c2c(Cl)c(Cl)c(Cl)c(Cl)c2C1=O. The number of carbonyl (C=O) groups is 4. The highest BCUT2D eigenvalue weighted by molar-refractivity contribution is 6.56. The summed E-state index contributed by atoms with van der Waals surface area (Å²) >= 11 is 24.6. The van der Waals surface area contributed by atoms with E-state index >= 15 is 0 Å². The Morgan fingerprint density at radius 3 is 2.05 bits per heavy atom. The van der Waals surface area contributed by atoms with Gasteiger partial charge in [0.05, 0.1) is 48.9 Å². The van der Waals surface area contributed by atoms with E-state index in [1.54, 1.807) is 11.8 Å². The number of likely N-dealkylation sites (tertiary alicyclic amines) is 1. The smallest absolute Gasteiger partial charge is 0.316 e. The molecule has 0 N–H and O–H groups in total. The molecule has 0 bridgehead atoms. The zero-order chi connectivity index (χ0) is 28.2. The zero-order valence-electron chi connectivity index (χ0n) is 20.6. The molecule has 3 amide bonds. The van der Waals surface area contributed by atoms with Gasteiger partial charge in [-0.05, 0) is 43.2 Å². The molecule has 3 aromatic rings. The topological polar surface area (TPSA) is 84.0 Å². The van der Waals surface area contributed by atoms with Gasteiger partial charge in [-0.25, -0.2) is 4.90 Å². The summed E-state index contributed by atoms with van der Waals surface area (Å²) in [5.74, 6) is -2.48. The van der Waals surface area contributed by atoms with Crippen LogP contribution >= 0.6 is 46.4 Å². The Morgan fingerprint density at radius 2 is 1.49 bits per heavy atom. The van der Waals surface area contributed by atoms with Crippen molar-refractivity contribution in [3.05, 3.63) is 90.9 Å². The zero-order valence-corrected chi connectivity index (χ0v) is 23.7. The average molecular weight is 606 g/mol. The van der Waals surface area contributed by atoms with E-state index in [0.29, 0.717) is 5.56 Å². The number of halogens is 4. The Morgan fingerprint density at radius 1 is 0.897 bits per heavy atom.